The van der Waals surface area contributed by atoms with Gasteiger partial charge in [0.2, 0.25) is 0 Å². The Balaban J connectivity index is 1.65. The van der Waals surface area contributed by atoms with E-state index in [4.69, 9.17) is 4.42 Å². The normalized spacial score (nSPS) is 14.7. The Morgan fingerprint density at radius 2 is 2.00 bits per heavy atom. The van der Waals surface area contributed by atoms with E-state index in [1.807, 2.05) is 25.1 Å². The van der Waals surface area contributed by atoms with Crippen LogP contribution in [0.1, 0.15) is 40.3 Å². The molecule has 0 saturated heterocycles. The highest BCUT2D eigenvalue weighted by Crippen LogP contribution is 2.20. The van der Waals surface area contributed by atoms with Crippen LogP contribution < -0.4 is 5.32 Å². The summed E-state index contributed by atoms with van der Waals surface area (Å²) in [6.45, 7) is 1.92. The molecule has 1 amide bonds. The predicted octanol–water partition coefficient (Wildman–Crippen LogP) is 2.60. The molecule has 1 aliphatic carbocycles. The summed E-state index contributed by atoms with van der Waals surface area (Å²) >= 11 is 0. The Labute approximate surface area is 135 Å². The summed E-state index contributed by atoms with van der Waals surface area (Å²) in [5.41, 5.74) is 1.78. The minimum Gasteiger partial charge on any atom is -0.455 e. The second-order valence-corrected chi connectivity index (χ2v) is 8.10. The van der Waals surface area contributed by atoms with Crippen molar-refractivity contribution in [3.63, 3.8) is 0 Å². The summed E-state index contributed by atoms with van der Waals surface area (Å²) in [5.74, 6) is -0.0810. The first-order chi connectivity index (χ1) is 10.9. The lowest BCUT2D eigenvalue weighted by Crippen LogP contribution is -2.24. The standard InChI is InChI=1S/C17H19NO4S/c1-12-3-2-4-13(9-12)10-23(20,21)11-15-7-8-16(22-15)17(19)18-14-5-6-14/h2-4,7-9,14H,5-6,10-11H2,1H3,(H,18,19). The van der Waals surface area contributed by atoms with E-state index < -0.39 is 9.84 Å². The van der Waals surface area contributed by atoms with E-state index in [0.29, 0.717) is 5.76 Å². The summed E-state index contributed by atoms with van der Waals surface area (Å²) in [4.78, 5) is 11.8. The number of aryl methyl sites for hydroxylation is 1. The zero-order chi connectivity index (χ0) is 16.4. The molecule has 5 nitrogen and oxygen atoms in total. The number of hydrogen-bond acceptors (Lipinski definition) is 4. The van der Waals surface area contributed by atoms with Gasteiger partial charge in [0.15, 0.2) is 15.6 Å². The van der Waals surface area contributed by atoms with E-state index in [1.54, 1.807) is 12.1 Å². The summed E-state index contributed by atoms with van der Waals surface area (Å²) < 4.78 is 30.0. The van der Waals surface area contributed by atoms with Crippen molar-refractivity contribution in [3.8, 4) is 0 Å². The minimum atomic E-state index is -3.35. The molecule has 2 aromatic rings. The quantitative estimate of drug-likeness (QED) is 0.881. The molecule has 23 heavy (non-hydrogen) atoms. The first-order valence-electron chi connectivity index (χ1n) is 7.57. The molecular formula is C17H19NO4S. The fourth-order valence-electron chi connectivity index (χ4n) is 2.39. The lowest BCUT2D eigenvalue weighted by Gasteiger charge is -2.04. The van der Waals surface area contributed by atoms with Crippen LogP contribution in [-0.2, 0) is 21.3 Å². The number of benzene rings is 1. The predicted molar refractivity (Wildman–Crippen MR) is 86.7 cm³/mol. The fourth-order valence-corrected chi connectivity index (χ4v) is 3.76. The van der Waals surface area contributed by atoms with Crippen LogP contribution in [0, 0.1) is 6.92 Å². The van der Waals surface area contributed by atoms with E-state index >= 15 is 0 Å². The maximum atomic E-state index is 12.3. The Morgan fingerprint density at radius 1 is 1.22 bits per heavy atom. The molecule has 0 unspecified atom stereocenters. The molecule has 1 aromatic heterocycles. The first-order valence-corrected chi connectivity index (χ1v) is 9.39. The Hall–Kier alpha value is -2.08. The Morgan fingerprint density at radius 3 is 2.70 bits per heavy atom. The van der Waals surface area contributed by atoms with E-state index in [9.17, 15) is 13.2 Å². The van der Waals surface area contributed by atoms with Gasteiger partial charge in [-0.15, -0.1) is 0 Å². The van der Waals surface area contributed by atoms with Gasteiger partial charge in [-0.25, -0.2) is 8.42 Å². The van der Waals surface area contributed by atoms with Crippen molar-refractivity contribution in [3.05, 3.63) is 59.0 Å². The van der Waals surface area contributed by atoms with Gasteiger partial charge in [-0.05, 0) is 37.5 Å². The average molecular weight is 333 g/mol. The molecule has 1 saturated carbocycles. The third-order valence-corrected chi connectivity index (χ3v) is 5.13. The van der Waals surface area contributed by atoms with Crippen molar-refractivity contribution < 1.29 is 17.6 Å². The number of nitrogens with one attached hydrogen (secondary N) is 1. The molecule has 1 N–H and O–H groups in total. The summed E-state index contributed by atoms with van der Waals surface area (Å²) in [6.07, 6.45) is 1.98. The van der Waals surface area contributed by atoms with Gasteiger partial charge < -0.3 is 9.73 Å². The summed E-state index contributed by atoms with van der Waals surface area (Å²) in [7, 11) is -3.35. The summed E-state index contributed by atoms with van der Waals surface area (Å²) in [6, 6.07) is 10.7. The van der Waals surface area contributed by atoms with Gasteiger partial charge in [0.05, 0.1) is 5.75 Å². The van der Waals surface area contributed by atoms with Crippen LogP contribution in [0.3, 0.4) is 0 Å². The van der Waals surface area contributed by atoms with Crippen LogP contribution in [0.4, 0.5) is 0 Å². The number of amides is 1. The van der Waals surface area contributed by atoms with Gasteiger partial charge >= 0.3 is 0 Å². The number of rotatable bonds is 6. The molecule has 3 rings (SSSR count). The zero-order valence-electron chi connectivity index (χ0n) is 12.9. The number of carbonyl (C=O) groups excluding carboxylic acids is 1. The molecule has 0 spiro atoms. The van der Waals surface area contributed by atoms with Crippen molar-refractivity contribution in [1.82, 2.24) is 5.32 Å². The molecule has 0 aliphatic heterocycles. The molecular weight excluding hydrogens is 314 g/mol. The lowest BCUT2D eigenvalue weighted by atomic mass is 10.2. The van der Waals surface area contributed by atoms with Crippen molar-refractivity contribution in [2.24, 2.45) is 0 Å². The van der Waals surface area contributed by atoms with Crippen LogP contribution in [0.25, 0.3) is 0 Å². The van der Waals surface area contributed by atoms with Crippen molar-refractivity contribution in [2.45, 2.75) is 37.3 Å². The maximum absolute atomic E-state index is 12.3. The van der Waals surface area contributed by atoms with Crippen molar-refractivity contribution in [1.29, 1.82) is 0 Å². The fraction of sp³-hybridized carbons (Fsp3) is 0.353. The van der Waals surface area contributed by atoms with Gasteiger partial charge in [0.25, 0.3) is 5.91 Å². The lowest BCUT2D eigenvalue weighted by molar-refractivity contribution is 0.0922. The van der Waals surface area contributed by atoms with E-state index in [2.05, 4.69) is 5.32 Å². The van der Waals surface area contributed by atoms with Crippen LogP contribution in [0.15, 0.2) is 40.8 Å². The van der Waals surface area contributed by atoms with Gasteiger partial charge in [-0.3, -0.25) is 4.79 Å². The van der Waals surface area contributed by atoms with Crippen molar-refractivity contribution in [2.75, 3.05) is 0 Å². The monoisotopic (exact) mass is 333 g/mol. The highest BCUT2D eigenvalue weighted by atomic mass is 32.2. The molecule has 122 valence electrons. The highest BCUT2D eigenvalue weighted by Gasteiger charge is 2.25. The maximum Gasteiger partial charge on any atom is 0.287 e. The van der Waals surface area contributed by atoms with Gasteiger partial charge in [0, 0.05) is 6.04 Å². The number of hydrogen-bond donors (Lipinski definition) is 1. The van der Waals surface area contributed by atoms with Crippen molar-refractivity contribution >= 4 is 15.7 Å². The molecule has 1 fully saturated rings. The zero-order valence-corrected chi connectivity index (χ0v) is 13.7. The SMILES string of the molecule is Cc1cccc(CS(=O)(=O)Cc2ccc(C(=O)NC3CC3)o2)c1. The first kappa shape index (κ1) is 15.8. The van der Waals surface area contributed by atoms with Gasteiger partial charge in [0.1, 0.15) is 11.5 Å². The van der Waals surface area contributed by atoms with Crippen LogP contribution >= 0.6 is 0 Å². The summed E-state index contributed by atoms with van der Waals surface area (Å²) in [5, 5.41) is 2.81. The molecule has 1 aliphatic rings. The molecule has 0 atom stereocenters. The third kappa shape index (κ3) is 4.45. The molecule has 0 radical (unpaired) electrons. The number of sulfone groups is 1. The van der Waals surface area contributed by atoms with Crippen LogP contribution in [-0.4, -0.2) is 20.4 Å². The Kier molecular flexibility index (Phi) is 4.26. The topological polar surface area (TPSA) is 76.4 Å². The second kappa shape index (κ2) is 6.20. The largest absolute Gasteiger partial charge is 0.455 e. The Bertz CT molecular complexity index is 819. The molecule has 1 aromatic carbocycles. The van der Waals surface area contributed by atoms with E-state index in [0.717, 1.165) is 24.0 Å². The van der Waals surface area contributed by atoms with E-state index in [-0.39, 0.29) is 29.2 Å². The van der Waals surface area contributed by atoms with Gasteiger partial charge in [-0.2, -0.15) is 0 Å². The smallest absolute Gasteiger partial charge is 0.287 e. The molecule has 6 heteroatoms. The average Bonchev–Trinajstić information content (AvgIpc) is 3.14. The third-order valence-electron chi connectivity index (χ3n) is 3.63. The van der Waals surface area contributed by atoms with Crippen LogP contribution in [0.2, 0.25) is 0 Å². The highest BCUT2D eigenvalue weighted by molar-refractivity contribution is 7.89. The second-order valence-electron chi connectivity index (χ2n) is 6.03. The number of furan rings is 1. The van der Waals surface area contributed by atoms with Gasteiger partial charge in [-0.1, -0.05) is 29.8 Å². The van der Waals surface area contributed by atoms with Crippen LogP contribution in [0.5, 0.6) is 0 Å². The molecule has 1 heterocycles. The number of carbonyl (C=O) groups is 1. The van der Waals surface area contributed by atoms with E-state index in [1.165, 1.54) is 6.07 Å². The minimum absolute atomic E-state index is 0.0427. The molecule has 0 bridgehead atoms.